The summed E-state index contributed by atoms with van der Waals surface area (Å²) < 4.78 is 11.0. The van der Waals surface area contributed by atoms with E-state index in [4.69, 9.17) is 9.47 Å². The van der Waals surface area contributed by atoms with Crippen molar-refractivity contribution in [1.29, 1.82) is 0 Å². The minimum atomic E-state index is -1.36. The summed E-state index contributed by atoms with van der Waals surface area (Å²) >= 11 is 0. The predicted octanol–water partition coefficient (Wildman–Crippen LogP) is 1.16. The molecule has 0 aliphatic carbocycles. The fraction of sp³-hybridized carbons (Fsp3) is 0.500. The number of hydrogen-bond donors (Lipinski definition) is 3. The number of amides is 2. The van der Waals surface area contributed by atoms with E-state index in [2.05, 4.69) is 10.6 Å². The third kappa shape index (κ3) is 6.78. The molecule has 7 nitrogen and oxygen atoms in total. The smallest absolute Gasteiger partial charge is 0.251 e. The van der Waals surface area contributed by atoms with Crippen LogP contribution in [0.15, 0.2) is 36.4 Å². The van der Waals surface area contributed by atoms with Crippen molar-refractivity contribution in [2.45, 2.75) is 45.1 Å². The number of fused-ring (bicyclic) bond motifs is 1. The number of benzene rings is 1. The molecule has 2 amide bonds. The number of nitrogens with one attached hydrogen (secondary N) is 2. The van der Waals surface area contributed by atoms with Crippen molar-refractivity contribution >= 4 is 11.8 Å². The SMILES string of the molecule is CC(C)NC(=O)C(O)[C@@H]1C/C=C\COCCOCc2ccccc2C(=O)N1. The van der Waals surface area contributed by atoms with Crippen LogP contribution in [0, 0.1) is 0 Å². The molecule has 7 heteroatoms. The Balaban J connectivity index is 2.21. The fourth-order valence-corrected chi connectivity index (χ4v) is 2.70. The van der Waals surface area contributed by atoms with Crippen molar-refractivity contribution in [3.05, 3.63) is 47.5 Å². The number of aliphatic hydroxyl groups is 1. The molecule has 27 heavy (non-hydrogen) atoms. The van der Waals surface area contributed by atoms with Gasteiger partial charge in [-0.15, -0.1) is 0 Å². The molecule has 0 saturated carbocycles. The fourth-order valence-electron chi connectivity index (χ4n) is 2.70. The average Bonchev–Trinajstić information content (AvgIpc) is 2.64. The highest BCUT2D eigenvalue weighted by Crippen LogP contribution is 2.12. The van der Waals surface area contributed by atoms with Gasteiger partial charge < -0.3 is 25.2 Å². The van der Waals surface area contributed by atoms with Gasteiger partial charge in [-0.3, -0.25) is 9.59 Å². The van der Waals surface area contributed by atoms with E-state index in [0.717, 1.165) is 5.56 Å². The minimum absolute atomic E-state index is 0.108. The molecule has 2 atom stereocenters. The molecule has 0 bridgehead atoms. The number of rotatable bonds is 3. The standard InChI is InChI=1S/C20H28N2O5/c1-14(2)21-20(25)18(23)17-9-5-6-10-26-11-12-27-13-15-7-3-4-8-16(15)19(24)22-17/h3-8,14,17-18,23H,9-13H2,1-2H3,(H,21,25)(H,22,24)/b6-5-/t17-,18?/m0/s1. The molecule has 1 aromatic carbocycles. The third-order valence-corrected chi connectivity index (χ3v) is 4.06. The summed E-state index contributed by atoms with van der Waals surface area (Å²) in [5, 5.41) is 15.9. The number of carbonyl (C=O) groups excluding carboxylic acids is 2. The largest absolute Gasteiger partial charge is 0.381 e. The molecule has 0 radical (unpaired) electrons. The van der Waals surface area contributed by atoms with Crippen molar-refractivity contribution in [1.82, 2.24) is 10.6 Å². The van der Waals surface area contributed by atoms with Crippen molar-refractivity contribution < 1.29 is 24.2 Å². The minimum Gasteiger partial charge on any atom is -0.381 e. The van der Waals surface area contributed by atoms with E-state index < -0.39 is 18.1 Å². The first-order valence-corrected chi connectivity index (χ1v) is 9.16. The molecule has 1 heterocycles. The Morgan fingerprint density at radius 3 is 2.74 bits per heavy atom. The number of carbonyl (C=O) groups is 2. The third-order valence-electron chi connectivity index (χ3n) is 4.06. The first kappa shape index (κ1) is 21.1. The van der Waals surface area contributed by atoms with E-state index in [0.29, 0.717) is 31.8 Å². The molecule has 1 aromatic rings. The van der Waals surface area contributed by atoms with Gasteiger partial charge in [-0.25, -0.2) is 0 Å². The molecule has 3 N–H and O–H groups in total. The second-order valence-electron chi connectivity index (χ2n) is 6.68. The van der Waals surface area contributed by atoms with Gasteiger partial charge in [0.1, 0.15) is 0 Å². The summed E-state index contributed by atoms with van der Waals surface area (Å²) in [6.07, 6.45) is 2.53. The van der Waals surface area contributed by atoms with Gasteiger partial charge in [-0.2, -0.15) is 0 Å². The summed E-state index contributed by atoms with van der Waals surface area (Å²) in [4.78, 5) is 25.0. The Hall–Kier alpha value is -2.22. The number of hydrogen-bond acceptors (Lipinski definition) is 5. The maximum absolute atomic E-state index is 12.8. The van der Waals surface area contributed by atoms with Gasteiger partial charge in [0.15, 0.2) is 6.10 Å². The summed E-state index contributed by atoms with van der Waals surface area (Å²) in [6.45, 7) is 5.18. The molecular formula is C20H28N2O5. The van der Waals surface area contributed by atoms with Gasteiger partial charge in [-0.1, -0.05) is 30.4 Å². The highest BCUT2D eigenvalue weighted by molar-refractivity contribution is 5.96. The van der Waals surface area contributed by atoms with Crippen LogP contribution in [0.1, 0.15) is 36.2 Å². The van der Waals surface area contributed by atoms with Crippen LogP contribution in [0.4, 0.5) is 0 Å². The number of aliphatic hydroxyl groups excluding tert-OH is 1. The lowest BCUT2D eigenvalue weighted by atomic mass is 10.0. The maximum atomic E-state index is 12.8. The lowest BCUT2D eigenvalue weighted by Crippen LogP contribution is -2.51. The van der Waals surface area contributed by atoms with Crippen LogP contribution in [-0.4, -0.2) is 54.9 Å². The quantitative estimate of drug-likeness (QED) is 0.688. The molecule has 1 unspecified atom stereocenters. The first-order chi connectivity index (χ1) is 13.0. The Morgan fingerprint density at radius 1 is 1.22 bits per heavy atom. The van der Waals surface area contributed by atoms with Crippen LogP contribution in [0.25, 0.3) is 0 Å². The topological polar surface area (TPSA) is 96.9 Å². The van der Waals surface area contributed by atoms with E-state index in [-0.39, 0.29) is 18.6 Å². The second kappa shape index (κ2) is 10.8. The van der Waals surface area contributed by atoms with E-state index >= 15 is 0 Å². The summed E-state index contributed by atoms with van der Waals surface area (Å²) in [5.74, 6) is -0.866. The second-order valence-corrected chi connectivity index (χ2v) is 6.68. The van der Waals surface area contributed by atoms with Gasteiger partial charge in [-0.05, 0) is 31.9 Å². The Morgan fingerprint density at radius 2 is 1.96 bits per heavy atom. The van der Waals surface area contributed by atoms with E-state index in [1.165, 1.54) is 0 Å². The van der Waals surface area contributed by atoms with Gasteiger partial charge in [0.25, 0.3) is 11.8 Å². The van der Waals surface area contributed by atoms with Crippen molar-refractivity contribution in [3.8, 4) is 0 Å². The van der Waals surface area contributed by atoms with E-state index in [1.54, 1.807) is 24.3 Å². The normalized spacial score (nSPS) is 21.5. The lowest BCUT2D eigenvalue weighted by Gasteiger charge is -2.24. The van der Waals surface area contributed by atoms with Gasteiger partial charge >= 0.3 is 0 Å². The van der Waals surface area contributed by atoms with Crippen molar-refractivity contribution in [3.63, 3.8) is 0 Å². The monoisotopic (exact) mass is 376 g/mol. The highest BCUT2D eigenvalue weighted by Gasteiger charge is 2.28. The van der Waals surface area contributed by atoms with Gasteiger partial charge in [0, 0.05) is 11.6 Å². The van der Waals surface area contributed by atoms with Crippen LogP contribution < -0.4 is 10.6 Å². The van der Waals surface area contributed by atoms with Crippen molar-refractivity contribution in [2.24, 2.45) is 0 Å². The Labute approximate surface area is 159 Å². The zero-order valence-corrected chi connectivity index (χ0v) is 15.8. The molecule has 0 spiro atoms. The van der Waals surface area contributed by atoms with E-state index in [9.17, 15) is 14.7 Å². The number of ether oxygens (including phenoxy) is 2. The molecule has 1 aliphatic heterocycles. The van der Waals surface area contributed by atoms with Gasteiger partial charge in [0.2, 0.25) is 0 Å². The molecule has 0 aromatic heterocycles. The van der Waals surface area contributed by atoms with Crippen LogP contribution >= 0.6 is 0 Å². The molecular weight excluding hydrogens is 348 g/mol. The van der Waals surface area contributed by atoms with Crippen LogP contribution in [-0.2, 0) is 20.9 Å². The van der Waals surface area contributed by atoms with Crippen LogP contribution in [0.2, 0.25) is 0 Å². The Bertz CT molecular complexity index is 660. The summed E-state index contributed by atoms with van der Waals surface area (Å²) in [5.41, 5.74) is 1.20. The van der Waals surface area contributed by atoms with Crippen molar-refractivity contribution in [2.75, 3.05) is 19.8 Å². The average molecular weight is 376 g/mol. The molecule has 148 valence electrons. The molecule has 2 rings (SSSR count). The molecule has 0 saturated heterocycles. The predicted molar refractivity (Wildman–Crippen MR) is 101 cm³/mol. The van der Waals surface area contributed by atoms with E-state index in [1.807, 2.05) is 26.0 Å². The molecule has 1 aliphatic rings. The van der Waals surface area contributed by atoms with Crippen LogP contribution in [0.5, 0.6) is 0 Å². The zero-order chi connectivity index (χ0) is 19.6. The maximum Gasteiger partial charge on any atom is 0.251 e. The zero-order valence-electron chi connectivity index (χ0n) is 15.8. The van der Waals surface area contributed by atoms with Gasteiger partial charge in [0.05, 0.1) is 32.5 Å². The first-order valence-electron chi connectivity index (χ1n) is 9.16. The summed E-state index contributed by atoms with van der Waals surface area (Å²) in [7, 11) is 0. The summed E-state index contributed by atoms with van der Waals surface area (Å²) in [6, 6.07) is 6.25. The Kier molecular flexibility index (Phi) is 8.44. The highest BCUT2D eigenvalue weighted by atomic mass is 16.5. The molecule has 0 fully saturated rings. The van der Waals surface area contributed by atoms with Crippen LogP contribution in [0.3, 0.4) is 0 Å². The lowest BCUT2D eigenvalue weighted by molar-refractivity contribution is -0.131.